The molecule has 4 rings (SSSR count). The van der Waals surface area contributed by atoms with Gasteiger partial charge in [-0.05, 0) is 36.3 Å². The van der Waals surface area contributed by atoms with Crippen LogP contribution in [-0.4, -0.2) is 17.6 Å². The van der Waals surface area contributed by atoms with Crippen molar-refractivity contribution in [3.05, 3.63) is 64.7 Å². The number of amidine groups is 1. The first-order valence-electron chi connectivity index (χ1n) is 7.02. The van der Waals surface area contributed by atoms with E-state index >= 15 is 0 Å². The molecule has 0 aromatic heterocycles. The van der Waals surface area contributed by atoms with E-state index in [0.717, 1.165) is 16.6 Å². The Morgan fingerprint density at radius 3 is 2.86 bits per heavy atom. The molecular weight excluding hydrogens is 282 g/mol. The molecule has 0 saturated carbocycles. The van der Waals surface area contributed by atoms with Crippen LogP contribution in [0.3, 0.4) is 0 Å². The SMILES string of the molecule is CC1=NNC2=[NH+][C@H]3C=CC(Cl)=CC3=C(c3ccccc3)[C@@H]12. The van der Waals surface area contributed by atoms with Crippen molar-refractivity contribution in [3.63, 3.8) is 0 Å². The average Bonchev–Trinajstić information content (AvgIpc) is 2.87. The zero-order valence-electron chi connectivity index (χ0n) is 11.6. The number of benzene rings is 1. The molecule has 0 bridgehead atoms. The lowest BCUT2D eigenvalue weighted by Gasteiger charge is -2.26. The Morgan fingerprint density at radius 2 is 2.05 bits per heavy atom. The number of nitrogens with one attached hydrogen (secondary N) is 2. The standard InChI is InChI=1S/C17H14ClN3/c1-10-15-16(11-5-3-2-4-6-11)13-9-12(18)7-8-14(13)19-17(15)21-20-10/h2-9,14-15H,1H3,(H,19,21)/p+1/t14-,15+/m0/s1. The van der Waals surface area contributed by atoms with Crippen LogP contribution < -0.4 is 10.4 Å². The third kappa shape index (κ3) is 1.96. The summed E-state index contributed by atoms with van der Waals surface area (Å²) in [4.78, 5) is 3.51. The molecule has 0 fully saturated rings. The number of halogens is 1. The van der Waals surface area contributed by atoms with Gasteiger partial charge < -0.3 is 0 Å². The zero-order valence-corrected chi connectivity index (χ0v) is 12.4. The molecule has 0 amide bonds. The van der Waals surface area contributed by atoms with Crippen LogP contribution in [0.5, 0.6) is 0 Å². The Balaban J connectivity index is 1.96. The largest absolute Gasteiger partial charge is 0.282 e. The molecule has 2 atom stereocenters. The summed E-state index contributed by atoms with van der Waals surface area (Å²) in [6.45, 7) is 2.06. The topological polar surface area (TPSA) is 38.4 Å². The van der Waals surface area contributed by atoms with Gasteiger partial charge in [0.05, 0.1) is 5.71 Å². The van der Waals surface area contributed by atoms with E-state index in [1.54, 1.807) is 0 Å². The normalized spacial score (nSPS) is 26.5. The molecule has 104 valence electrons. The lowest BCUT2D eigenvalue weighted by atomic mass is 9.80. The monoisotopic (exact) mass is 296 g/mol. The van der Waals surface area contributed by atoms with Crippen molar-refractivity contribution in [1.29, 1.82) is 0 Å². The van der Waals surface area contributed by atoms with Crippen LogP contribution in [0.15, 0.2) is 64.3 Å². The van der Waals surface area contributed by atoms with Crippen LogP contribution in [0.4, 0.5) is 0 Å². The first-order chi connectivity index (χ1) is 10.2. The van der Waals surface area contributed by atoms with Crippen LogP contribution in [-0.2, 0) is 0 Å². The smallest absolute Gasteiger partial charge is 0.265 e. The maximum Gasteiger partial charge on any atom is 0.282 e. The Morgan fingerprint density at radius 1 is 1.24 bits per heavy atom. The quantitative estimate of drug-likeness (QED) is 0.811. The molecule has 3 aliphatic rings. The molecular formula is C17H15ClN3+. The molecule has 0 unspecified atom stereocenters. The number of fused-ring (bicyclic) bond motifs is 2. The molecule has 1 aliphatic carbocycles. The number of hydrogen-bond donors (Lipinski definition) is 2. The van der Waals surface area contributed by atoms with Crippen LogP contribution in [0, 0.1) is 5.92 Å². The average molecular weight is 297 g/mol. The molecule has 0 spiro atoms. The lowest BCUT2D eigenvalue weighted by Crippen LogP contribution is -2.84. The number of rotatable bonds is 1. The predicted molar refractivity (Wildman–Crippen MR) is 85.9 cm³/mol. The first-order valence-corrected chi connectivity index (χ1v) is 7.40. The molecule has 4 heteroatoms. The van der Waals surface area contributed by atoms with Crippen LogP contribution in [0.25, 0.3) is 5.57 Å². The van der Waals surface area contributed by atoms with Crippen molar-refractivity contribution in [1.82, 2.24) is 5.43 Å². The molecule has 0 radical (unpaired) electrons. The minimum Gasteiger partial charge on any atom is -0.265 e. The Kier molecular flexibility index (Phi) is 2.82. The third-order valence-corrected chi connectivity index (χ3v) is 4.37. The highest BCUT2D eigenvalue weighted by molar-refractivity contribution is 6.31. The van der Waals surface area contributed by atoms with E-state index in [1.807, 2.05) is 12.1 Å². The highest BCUT2D eigenvalue weighted by atomic mass is 35.5. The lowest BCUT2D eigenvalue weighted by molar-refractivity contribution is -0.482. The zero-order chi connectivity index (χ0) is 14.4. The van der Waals surface area contributed by atoms with E-state index < -0.39 is 0 Å². The van der Waals surface area contributed by atoms with E-state index in [4.69, 9.17) is 11.6 Å². The van der Waals surface area contributed by atoms with E-state index in [0.29, 0.717) is 0 Å². The molecule has 21 heavy (non-hydrogen) atoms. The van der Waals surface area contributed by atoms with Gasteiger partial charge in [-0.15, -0.1) is 0 Å². The van der Waals surface area contributed by atoms with Gasteiger partial charge in [-0.3, -0.25) is 4.99 Å². The maximum atomic E-state index is 6.23. The highest BCUT2D eigenvalue weighted by Crippen LogP contribution is 2.35. The summed E-state index contributed by atoms with van der Waals surface area (Å²) in [6, 6.07) is 10.6. The summed E-state index contributed by atoms with van der Waals surface area (Å²) in [5, 5.41) is 5.15. The van der Waals surface area contributed by atoms with Crippen LogP contribution in [0.2, 0.25) is 0 Å². The van der Waals surface area contributed by atoms with Crippen molar-refractivity contribution in [2.45, 2.75) is 13.0 Å². The van der Waals surface area contributed by atoms with Crippen molar-refractivity contribution >= 4 is 28.7 Å². The van der Waals surface area contributed by atoms with Crippen molar-refractivity contribution in [3.8, 4) is 0 Å². The predicted octanol–water partition coefficient (Wildman–Crippen LogP) is 1.59. The van der Waals surface area contributed by atoms with Gasteiger partial charge >= 0.3 is 0 Å². The fourth-order valence-electron chi connectivity index (χ4n) is 3.19. The first kappa shape index (κ1) is 12.6. The van der Waals surface area contributed by atoms with E-state index in [1.165, 1.54) is 16.7 Å². The van der Waals surface area contributed by atoms with Gasteiger partial charge in [0.15, 0.2) is 0 Å². The van der Waals surface area contributed by atoms with Gasteiger partial charge in [0.25, 0.3) is 5.84 Å². The summed E-state index contributed by atoms with van der Waals surface area (Å²) < 4.78 is 0. The molecule has 3 nitrogen and oxygen atoms in total. The summed E-state index contributed by atoms with van der Waals surface area (Å²) in [5.74, 6) is 1.21. The molecule has 1 aromatic carbocycles. The summed E-state index contributed by atoms with van der Waals surface area (Å²) in [5.41, 5.74) is 7.92. The third-order valence-electron chi connectivity index (χ3n) is 4.13. The second kappa shape index (κ2) is 4.71. The summed E-state index contributed by atoms with van der Waals surface area (Å²) in [6.07, 6.45) is 6.10. The fourth-order valence-corrected chi connectivity index (χ4v) is 3.38. The van der Waals surface area contributed by atoms with E-state index in [2.05, 4.69) is 58.9 Å². The molecule has 2 aliphatic heterocycles. The second-order valence-electron chi connectivity index (χ2n) is 5.46. The van der Waals surface area contributed by atoms with E-state index in [-0.39, 0.29) is 12.0 Å². The van der Waals surface area contributed by atoms with Gasteiger partial charge in [-0.25, -0.2) is 0 Å². The molecule has 0 saturated heterocycles. The summed E-state index contributed by atoms with van der Waals surface area (Å²) >= 11 is 6.23. The fraction of sp³-hybridized carbons (Fsp3) is 0.176. The number of hydrazone groups is 1. The number of hydrogen-bond acceptors (Lipinski definition) is 2. The highest BCUT2D eigenvalue weighted by Gasteiger charge is 2.41. The number of allylic oxidation sites excluding steroid dienone is 2. The van der Waals surface area contributed by atoms with Gasteiger partial charge in [-0.1, -0.05) is 47.0 Å². The minimum atomic E-state index is 0.141. The van der Waals surface area contributed by atoms with Crippen LogP contribution >= 0.6 is 11.6 Å². The van der Waals surface area contributed by atoms with E-state index in [9.17, 15) is 0 Å². The second-order valence-corrected chi connectivity index (χ2v) is 5.89. The Bertz CT molecular complexity index is 753. The molecule has 2 N–H and O–H groups in total. The van der Waals surface area contributed by atoms with Crippen molar-refractivity contribution in [2.75, 3.05) is 0 Å². The van der Waals surface area contributed by atoms with Crippen molar-refractivity contribution < 1.29 is 4.99 Å². The molecule has 1 aromatic rings. The maximum absolute atomic E-state index is 6.23. The van der Waals surface area contributed by atoms with Crippen LogP contribution in [0.1, 0.15) is 12.5 Å². The Labute approximate surface area is 128 Å². The Hall–Kier alpha value is -2.13. The van der Waals surface area contributed by atoms with Gasteiger partial charge in [0.2, 0.25) is 0 Å². The van der Waals surface area contributed by atoms with Gasteiger partial charge in [0.1, 0.15) is 12.0 Å². The van der Waals surface area contributed by atoms with Gasteiger partial charge in [0, 0.05) is 10.6 Å². The summed E-state index contributed by atoms with van der Waals surface area (Å²) in [7, 11) is 0. The number of nitrogens with zero attached hydrogens (tertiary/aromatic N) is 1. The minimum absolute atomic E-state index is 0.141. The van der Waals surface area contributed by atoms with Crippen molar-refractivity contribution in [2.24, 2.45) is 11.0 Å². The van der Waals surface area contributed by atoms with Gasteiger partial charge in [-0.2, -0.15) is 5.43 Å². The molecule has 2 heterocycles.